The highest BCUT2D eigenvalue weighted by Crippen LogP contribution is 2.28. The quantitative estimate of drug-likeness (QED) is 0.490. The second-order valence-corrected chi connectivity index (χ2v) is 7.50. The summed E-state index contributed by atoms with van der Waals surface area (Å²) in [7, 11) is 0. The second-order valence-electron chi connectivity index (χ2n) is 7.50. The van der Waals surface area contributed by atoms with E-state index in [0.717, 1.165) is 11.1 Å². The first kappa shape index (κ1) is 19.2. The highest BCUT2D eigenvalue weighted by Gasteiger charge is 2.26. The average molecular weight is 419 g/mol. The summed E-state index contributed by atoms with van der Waals surface area (Å²) in [5, 5.41) is 2.70. The minimum absolute atomic E-state index is 0.0683. The number of aromatic amines is 1. The molecule has 8 heteroatoms. The molecule has 2 aromatic carbocycles. The van der Waals surface area contributed by atoms with Gasteiger partial charge in [0.15, 0.2) is 5.65 Å². The van der Waals surface area contributed by atoms with Crippen LogP contribution in [0.4, 0.5) is 19.3 Å². The summed E-state index contributed by atoms with van der Waals surface area (Å²) in [6.07, 6.45) is 1.06. The van der Waals surface area contributed by atoms with Crippen LogP contribution in [-0.4, -0.2) is 45.1 Å². The summed E-state index contributed by atoms with van der Waals surface area (Å²) in [5.74, 6) is -0.170. The average Bonchev–Trinajstić information content (AvgIpc) is 3.41. The summed E-state index contributed by atoms with van der Waals surface area (Å²) < 4.78 is 27.9. The maximum atomic E-state index is 14.6. The number of fused-ring (bicyclic) bond motifs is 1. The van der Waals surface area contributed by atoms with Crippen LogP contribution < -0.4 is 5.32 Å². The van der Waals surface area contributed by atoms with Gasteiger partial charge in [0.1, 0.15) is 17.8 Å². The molecule has 2 amide bonds. The molecule has 3 heterocycles. The Bertz CT molecular complexity index is 1260. The molecule has 0 unspecified atom stereocenters. The van der Waals surface area contributed by atoms with E-state index in [9.17, 15) is 13.6 Å². The number of hydrogen-bond acceptors (Lipinski definition) is 3. The Morgan fingerprint density at radius 1 is 1.13 bits per heavy atom. The van der Waals surface area contributed by atoms with Crippen molar-refractivity contribution in [1.29, 1.82) is 0 Å². The molecule has 31 heavy (non-hydrogen) atoms. The minimum Gasteiger partial charge on any atom is -0.336 e. The molecule has 5 rings (SSSR count). The van der Waals surface area contributed by atoms with Gasteiger partial charge in [-0.15, -0.1) is 0 Å². The zero-order valence-electron chi connectivity index (χ0n) is 16.5. The molecular weight excluding hydrogens is 400 g/mol. The van der Waals surface area contributed by atoms with Gasteiger partial charge in [-0.2, -0.15) is 0 Å². The van der Waals surface area contributed by atoms with Crippen LogP contribution in [0.25, 0.3) is 33.7 Å². The molecule has 2 aromatic heterocycles. The van der Waals surface area contributed by atoms with Crippen molar-refractivity contribution in [3.63, 3.8) is 0 Å². The maximum absolute atomic E-state index is 14.6. The number of nitrogens with one attached hydrogen (secondary N) is 2. The number of carbonyl (C=O) groups is 1. The van der Waals surface area contributed by atoms with Crippen molar-refractivity contribution < 1.29 is 13.6 Å². The predicted octanol–water partition coefficient (Wildman–Crippen LogP) is 5.01. The zero-order chi connectivity index (χ0) is 21.4. The number of nitrogens with zero attached hydrogens (tertiary/aromatic N) is 3. The van der Waals surface area contributed by atoms with Crippen LogP contribution in [0, 0.1) is 5.82 Å². The number of alkyl halides is 1. The number of amides is 2. The minimum atomic E-state index is -1.00. The Kier molecular flexibility index (Phi) is 4.82. The number of aromatic nitrogens is 3. The molecular formula is C23H19F2N5O. The summed E-state index contributed by atoms with van der Waals surface area (Å²) in [6.45, 7) is 0.429. The number of anilines is 1. The lowest BCUT2D eigenvalue weighted by Gasteiger charge is -2.16. The summed E-state index contributed by atoms with van der Waals surface area (Å²) in [5.41, 5.74) is 3.69. The molecule has 1 aliphatic rings. The molecule has 0 spiro atoms. The van der Waals surface area contributed by atoms with Gasteiger partial charge >= 0.3 is 6.03 Å². The maximum Gasteiger partial charge on any atom is 0.321 e. The third-order valence-electron chi connectivity index (χ3n) is 5.34. The SMILES string of the molecule is O=C(Nc1ccc(F)c(-c2nc3ncc(-c4ccccc4)cc3[nH]2)c1)N1CC[C@@H](F)C1. The van der Waals surface area contributed by atoms with Gasteiger partial charge in [-0.05, 0) is 36.2 Å². The predicted molar refractivity (Wildman–Crippen MR) is 115 cm³/mol. The summed E-state index contributed by atoms with van der Waals surface area (Å²) in [6, 6.07) is 15.6. The van der Waals surface area contributed by atoms with E-state index in [1.54, 1.807) is 6.20 Å². The van der Waals surface area contributed by atoms with Gasteiger partial charge in [-0.25, -0.2) is 23.5 Å². The van der Waals surface area contributed by atoms with Gasteiger partial charge in [0.05, 0.1) is 17.6 Å². The number of hydrogen-bond donors (Lipinski definition) is 2. The van der Waals surface area contributed by atoms with Crippen molar-refractivity contribution in [2.75, 3.05) is 18.4 Å². The first-order valence-electron chi connectivity index (χ1n) is 9.98. The Labute approximate surface area is 176 Å². The number of urea groups is 1. The first-order chi connectivity index (χ1) is 15.1. The number of benzene rings is 2. The first-order valence-corrected chi connectivity index (χ1v) is 9.98. The third kappa shape index (κ3) is 3.84. The molecule has 1 fully saturated rings. The van der Waals surface area contributed by atoms with Crippen LogP contribution >= 0.6 is 0 Å². The van der Waals surface area contributed by atoms with E-state index in [1.807, 2.05) is 36.4 Å². The fraction of sp³-hybridized carbons (Fsp3) is 0.174. The van der Waals surface area contributed by atoms with Crippen LogP contribution in [0.1, 0.15) is 6.42 Å². The summed E-state index contributed by atoms with van der Waals surface area (Å²) in [4.78, 5) is 25.6. The largest absolute Gasteiger partial charge is 0.336 e. The number of H-pyrrole nitrogens is 1. The van der Waals surface area contributed by atoms with E-state index in [2.05, 4.69) is 20.3 Å². The second kappa shape index (κ2) is 7.79. The lowest BCUT2D eigenvalue weighted by atomic mass is 10.1. The molecule has 1 aliphatic heterocycles. The number of imidazole rings is 1. The topological polar surface area (TPSA) is 73.9 Å². The van der Waals surface area contributed by atoms with Crippen molar-refractivity contribution in [3.8, 4) is 22.5 Å². The Hall–Kier alpha value is -3.81. The monoisotopic (exact) mass is 419 g/mol. The molecule has 156 valence electrons. The van der Waals surface area contributed by atoms with Gasteiger partial charge in [0.25, 0.3) is 0 Å². The van der Waals surface area contributed by atoms with Crippen molar-refractivity contribution in [1.82, 2.24) is 19.9 Å². The van der Waals surface area contributed by atoms with E-state index in [0.29, 0.717) is 35.6 Å². The number of carbonyl (C=O) groups excluding carboxylic acids is 1. The molecule has 1 saturated heterocycles. The van der Waals surface area contributed by atoms with Crippen LogP contribution in [0.3, 0.4) is 0 Å². The van der Waals surface area contributed by atoms with Gasteiger partial charge < -0.3 is 15.2 Å². The molecule has 0 bridgehead atoms. The molecule has 2 N–H and O–H groups in total. The number of halogens is 2. The Balaban J connectivity index is 1.44. The molecule has 4 aromatic rings. The van der Waals surface area contributed by atoms with Crippen LogP contribution in [0.2, 0.25) is 0 Å². The molecule has 0 radical (unpaired) electrons. The third-order valence-corrected chi connectivity index (χ3v) is 5.34. The van der Waals surface area contributed by atoms with Gasteiger partial charge in [-0.3, -0.25) is 0 Å². The lowest BCUT2D eigenvalue weighted by Crippen LogP contribution is -2.33. The normalized spacial score (nSPS) is 16.1. The van der Waals surface area contributed by atoms with E-state index < -0.39 is 18.0 Å². The lowest BCUT2D eigenvalue weighted by molar-refractivity contribution is 0.218. The van der Waals surface area contributed by atoms with Gasteiger partial charge in [-0.1, -0.05) is 30.3 Å². The number of likely N-dealkylation sites (tertiary alicyclic amines) is 1. The van der Waals surface area contributed by atoms with E-state index >= 15 is 0 Å². The Morgan fingerprint density at radius 2 is 1.97 bits per heavy atom. The molecule has 1 atom stereocenters. The number of pyridine rings is 1. The molecule has 0 saturated carbocycles. The highest BCUT2D eigenvalue weighted by atomic mass is 19.1. The van der Waals surface area contributed by atoms with Crippen LogP contribution in [0.15, 0.2) is 60.8 Å². The molecule has 0 aliphatic carbocycles. The van der Waals surface area contributed by atoms with E-state index in [4.69, 9.17) is 0 Å². The van der Waals surface area contributed by atoms with Gasteiger partial charge in [0.2, 0.25) is 0 Å². The Morgan fingerprint density at radius 3 is 2.74 bits per heavy atom. The fourth-order valence-electron chi connectivity index (χ4n) is 3.71. The standard InChI is InChI=1S/C23H19F2N5O/c24-16-8-9-30(13-16)23(31)27-17-6-7-19(25)18(11-17)21-28-20-10-15(12-26-22(20)29-21)14-4-2-1-3-5-14/h1-7,10-12,16H,8-9,13H2,(H,27,31)(H,26,28,29)/t16-/m1/s1. The smallest absolute Gasteiger partial charge is 0.321 e. The van der Waals surface area contributed by atoms with Crippen LogP contribution in [-0.2, 0) is 0 Å². The van der Waals surface area contributed by atoms with Crippen molar-refractivity contribution in [2.24, 2.45) is 0 Å². The highest BCUT2D eigenvalue weighted by molar-refractivity contribution is 5.90. The number of rotatable bonds is 3. The van der Waals surface area contributed by atoms with E-state index in [-0.39, 0.29) is 12.1 Å². The van der Waals surface area contributed by atoms with E-state index in [1.165, 1.54) is 23.1 Å². The fourth-order valence-corrected chi connectivity index (χ4v) is 3.71. The summed E-state index contributed by atoms with van der Waals surface area (Å²) >= 11 is 0. The van der Waals surface area contributed by atoms with Crippen molar-refractivity contribution in [3.05, 3.63) is 66.6 Å². The molecule has 6 nitrogen and oxygen atoms in total. The van der Waals surface area contributed by atoms with Crippen molar-refractivity contribution in [2.45, 2.75) is 12.6 Å². The zero-order valence-corrected chi connectivity index (χ0v) is 16.5. The van der Waals surface area contributed by atoms with Gasteiger partial charge in [0, 0.05) is 24.0 Å². The van der Waals surface area contributed by atoms with Crippen LogP contribution in [0.5, 0.6) is 0 Å². The van der Waals surface area contributed by atoms with Crippen molar-refractivity contribution >= 4 is 22.9 Å².